The maximum absolute atomic E-state index is 11.2. The molecule has 0 amide bonds. The highest BCUT2D eigenvalue weighted by atomic mass is 32.1. The molecule has 0 unspecified atom stereocenters. The summed E-state index contributed by atoms with van der Waals surface area (Å²) in [6.07, 6.45) is 6.90. The number of thiazole rings is 1. The minimum absolute atomic E-state index is 0.367. The zero-order chi connectivity index (χ0) is 13.2. The predicted octanol–water partition coefficient (Wildman–Crippen LogP) is 3.39. The van der Waals surface area contributed by atoms with E-state index in [0.717, 1.165) is 29.1 Å². The molecule has 1 aromatic carbocycles. The normalized spacial score (nSPS) is 13.3. The number of aromatic carboxylic acids is 1. The first-order valence-corrected chi connectivity index (χ1v) is 7.02. The lowest BCUT2D eigenvalue weighted by molar-refractivity contribution is 0.0696. The van der Waals surface area contributed by atoms with Gasteiger partial charge in [0.2, 0.25) is 0 Å². The van der Waals surface area contributed by atoms with Crippen LogP contribution in [0.1, 0.15) is 37.9 Å². The molecule has 2 aromatic rings. The summed E-state index contributed by atoms with van der Waals surface area (Å²) >= 11 is 1.66. The van der Waals surface area contributed by atoms with Gasteiger partial charge in [0.15, 0.2) is 0 Å². The predicted molar refractivity (Wildman–Crippen MR) is 75.7 cm³/mol. The lowest BCUT2D eigenvalue weighted by Gasteiger charge is -2.03. The van der Waals surface area contributed by atoms with Gasteiger partial charge in [-0.3, -0.25) is 0 Å². The highest BCUT2D eigenvalue weighted by molar-refractivity contribution is 7.12. The van der Waals surface area contributed by atoms with E-state index in [0.29, 0.717) is 12.0 Å². The van der Waals surface area contributed by atoms with Crippen LogP contribution < -0.4 is 0 Å². The molecule has 3 nitrogen and oxygen atoms in total. The van der Waals surface area contributed by atoms with E-state index in [9.17, 15) is 9.90 Å². The molecule has 0 radical (unpaired) electrons. The van der Waals surface area contributed by atoms with Gasteiger partial charge >= 0.3 is 5.97 Å². The van der Waals surface area contributed by atoms with Gasteiger partial charge in [0, 0.05) is 6.42 Å². The Labute approximate surface area is 115 Å². The Balaban J connectivity index is 1.91. The maximum Gasteiger partial charge on any atom is 0.335 e. The lowest BCUT2D eigenvalue weighted by Crippen LogP contribution is -2.02. The van der Waals surface area contributed by atoms with Crippen LogP contribution in [0.5, 0.6) is 0 Å². The molecule has 1 N–H and O–H groups in total. The van der Waals surface area contributed by atoms with Crippen molar-refractivity contribution in [3.63, 3.8) is 0 Å². The molecule has 96 valence electrons. The Morgan fingerprint density at radius 2 is 2.21 bits per heavy atom. The molecule has 0 saturated carbocycles. The number of hydrogen-bond acceptors (Lipinski definition) is 3. The molecule has 0 bridgehead atoms. The third-order valence-electron chi connectivity index (χ3n) is 3.18. The summed E-state index contributed by atoms with van der Waals surface area (Å²) in [6, 6.07) is 7.13. The summed E-state index contributed by atoms with van der Waals surface area (Å²) in [5.74, 6) is -0.878. The van der Waals surface area contributed by atoms with E-state index in [1.54, 1.807) is 23.5 Å². The lowest BCUT2D eigenvalue weighted by atomic mass is 10.1. The van der Waals surface area contributed by atoms with Crippen molar-refractivity contribution in [1.29, 1.82) is 0 Å². The zero-order valence-corrected chi connectivity index (χ0v) is 11.1. The number of aryl methyl sites for hydroxylation is 1. The summed E-state index contributed by atoms with van der Waals surface area (Å²) in [4.78, 5) is 17.0. The van der Waals surface area contributed by atoms with Crippen molar-refractivity contribution in [1.82, 2.24) is 4.98 Å². The molecule has 1 aliphatic carbocycles. The fraction of sp³-hybridized carbons (Fsp3) is 0.200. The van der Waals surface area contributed by atoms with Crippen LogP contribution in [0, 0.1) is 0 Å². The van der Waals surface area contributed by atoms with E-state index in [4.69, 9.17) is 0 Å². The molecule has 3 rings (SSSR count). The number of aromatic nitrogens is 1. The molecule has 1 aliphatic rings. The molecule has 0 spiro atoms. The molecule has 0 saturated heterocycles. The Hall–Kier alpha value is -1.94. The quantitative estimate of drug-likeness (QED) is 0.931. The summed E-state index contributed by atoms with van der Waals surface area (Å²) in [7, 11) is 0. The van der Waals surface area contributed by atoms with Crippen LogP contribution in [-0.2, 0) is 12.8 Å². The summed E-state index contributed by atoms with van der Waals surface area (Å²) in [5.41, 5.74) is 2.34. The van der Waals surface area contributed by atoms with E-state index in [-0.39, 0.29) is 0 Å². The van der Waals surface area contributed by atoms with Crippen molar-refractivity contribution >= 4 is 23.4 Å². The number of fused-ring (bicyclic) bond motifs is 1. The molecular formula is C15H13NO2S. The molecular weight excluding hydrogens is 258 g/mol. The summed E-state index contributed by atoms with van der Waals surface area (Å²) < 4.78 is 0. The van der Waals surface area contributed by atoms with Crippen molar-refractivity contribution in [2.75, 3.05) is 0 Å². The highest BCUT2D eigenvalue weighted by Gasteiger charge is 2.14. The van der Waals surface area contributed by atoms with Gasteiger partial charge in [-0.05, 0) is 30.5 Å². The van der Waals surface area contributed by atoms with Gasteiger partial charge in [-0.25, -0.2) is 9.78 Å². The average Bonchev–Trinajstić information content (AvgIpc) is 2.81. The van der Waals surface area contributed by atoms with Crippen molar-refractivity contribution in [3.8, 4) is 0 Å². The van der Waals surface area contributed by atoms with Crippen LogP contribution in [0.4, 0.5) is 0 Å². The number of carbonyl (C=O) groups is 1. The minimum Gasteiger partial charge on any atom is -0.478 e. The summed E-state index contributed by atoms with van der Waals surface area (Å²) in [6.45, 7) is 0. The van der Waals surface area contributed by atoms with Crippen molar-refractivity contribution in [3.05, 3.63) is 57.0 Å². The van der Waals surface area contributed by atoms with E-state index in [1.165, 1.54) is 4.88 Å². The smallest absolute Gasteiger partial charge is 0.335 e. The first-order chi connectivity index (χ1) is 9.24. The number of nitrogens with zero attached hydrogens (tertiary/aromatic N) is 1. The number of carboxylic acid groups (broad SMARTS) is 1. The maximum atomic E-state index is 11.2. The van der Waals surface area contributed by atoms with Gasteiger partial charge < -0.3 is 5.11 Å². The fourth-order valence-corrected chi connectivity index (χ4v) is 3.32. The van der Waals surface area contributed by atoms with Gasteiger partial charge in [0.1, 0.15) is 0 Å². The monoisotopic (exact) mass is 271 g/mol. The van der Waals surface area contributed by atoms with Gasteiger partial charge in [0.05, 0.1) is 21.1 Å². The number of allylic oxidation sites excluding steroid dienone is 1. The standard InChI is InChI=1S/C15H13NO2S/c17-15(18)11-6-2-1-5-10(11)9-14-16-12-7-3-4-8-13(12)19-14/h1-2,4-6,8H,3,7,9H2,(H,17,18). The van der Waals surface area contributed by atoms with Crippen LogP contribution >= 0.6 is 11.3 Å². The molecule has 0 atom stereocenters. The van der Waals surface area contributed by atoms with Crippen LogP contribution in [-0.4, -0.2) is 16.1 Å². The second-order valence-corrected chi connectivity index (χ2v) is 5.61. The first-order valence-electron chi connectivity index (χ1n) is 6.20. The first kappa shape index (κ1) is 12.1. The van der Waals surface area contributed by atoms with E-state index in [2.05, 4.69) is 17.1 Å². The Kier molecular flexibility index (Phi) is 3.17. The van der Waals surface area contributed by atoms with E-state index in [1.807, 2.05) is 12.1 Å². The number of hydrogen-bond donors (Lipinski definition) is 1. The van der Waals surface area contributed by atoms with Crippen LogP contribution in [0.3, 0.4) is 0 Å². The minimum atomic E-state index is -0.878. The number of carboxylic acids is 1. The fourth-order valence-electron chi connectivity index (χ4n) is 2.26. The van der Waals surface area contributed by atoms with Gasteiger partial charge in [-0.2, -0.15) is 0 Å². The summed E-state index contributed by atoms with van der Waals surface area (Å²) in [5, 5.41) is 10.2. The third kappa shape index (κ3) is 2.44. The molecule has 19 heavy (non-hydrogen) atoms. The molecule has 1 aromatic heterocycles. The Morgan fingerprint density at radius 3 is 3.00 bits per heavy atom. The Bertz CT molecular complexity index is 658. The number of benzene rings is 1. The second kappa shape index (κ2) is 4.97. The highest BCUT2D eigenvalue weighted by Crippen LogP contribution is 2.27. The third-order valence-corrected chi connectivity index (χ3v) is 4.24. The molecule has 1 heterocycles. The van der Waals surface area contributed by atoms with Crippen molar-refractivity contribution < 1.29 is 9.90 Å². The largest absolute Gasteiger partial charge is 0.478 e. The van der Waals surface area contributed by atoms with Crippen molar-refractivity contribution in [2.24, 2.45) is 0 Å². The van der Waals surface area contributed by atoms with Gasteiger partial charge in [-0.15, -0.1) is 11.3 Å². The van der Waals surface area contributed by atoms with Crippen LogP contribution in [0.15, 0.2) is 30.3 Å². The topological polar surface area (TPSA) is 50.2 Å². The Morgan fingerprint density at radius 1 is 1.37 bits per heavy atom. The molecule has 4 heteroatoms. The zero-order valence-electron chi connectivity index (χ0n) is 10.3. The number of rotatable bonds is 3. The van der Waals surface area contributed by atoms with E-state index >= 15 is 0 Å². The SMILES string of the molecule is O=C(O)c1ccccc1Cc1nc2c(s1)C=CCC2. The van der Waals surface area contributed by atoms with Crippen molar-refractivity contribution in [2.45, 2.75) is 19.3 Å². The van der Waals surface area contributed by atoms with Crippen LogP contribution in [0.2, 0.25) is 0 Å². The van der Waals surface area contributed by atoms with E-state index < -0.39 is 5.97 Å². The average molecular weight is 271 g/mol. The molecule has 0 fully saturated rings. The van der Waals surface area contributed by atoms with Gasteiger partial charge in [0.25, 0.3) is 0 Å². The van der Waals surface area contributed by atoms with Gasteiger partial charge in [-0.1, -0.05) is 24.3 Å². The molecule has 0 aliphatic heterocycles. The van der Waals surface area contributed by atoms with Crippen LogP contribution in [0.25, 0.3) is 6.08 Å². The second-order valence-electron chi connectivity index (χ2n) is 4.50.